The van der Waals surface area contributed by atoms with Gasteiger partial charge in [-0.15, -0.1) is 0 Å². The van der Waals surface area contributed by atoms with Gasteiger partial charge in [-0.05, 0) is 17.4 Å². The summed E-state index contributed by atoms with van der Waals surface area (Å²) in [5.74, 6) is -0.767. The van der Waals surface area contributed by atoms with E-state index in [-0.39, 0.29) is 23.1 Å². The number of amides is 2. The highest BCUT2D eigenvalue weighted by Gasteiger charge is 2.31. The number of nitrogens with one attached hydrogen (secondary N) is 2. The van der Waals surface area contributed by atoms with E-state index >= 15 is 0 Å². The smallest absolute Gasteiger partial charge is 0.235 e. The van der Waals surface area contributed by atoms with Gasteiger partial charge in [-0.1, -0.05) is 39.0 Å². The van der Waals surface area contributed by atoms with Gasteiger partial charge >= 0.3 is 0 Å². The van der Waals surface area contributed by atoms with Crippen LogP contribution in [0.25, 0.3) is 10.9 Å². The zero-order valence-electron chi connectivity index (χ0n) is 12.5. The van der Waals surface area contributed by atoms with Gasteiger partial charge in [0.1, 0.15) is 0 Å². The molecule has 1 aliphatic rings. The van der Waals surface area contributed by atoms with Crippen molar-refractivity contribution < 1.29 is 9.59 Å². The van der Waals surface area contributed by atoms with E-state index < -0.39 is 0 Å². The molecule has 3 rings (SSSR count). The molecule has 0 radical (unpaired) electrons. The Bertz CT molecular complexity index is 725. The Morgan fingerprint density at radius 3 is 2.67 bits per heavy atom. The van der Waals surface area contributed by atoms with Gasteiger partial charge < -0.3 is 0 Å². The normalized spacial score (nSPS) is 19.9. The number of fused-ring (bicyclic) bond motifs is 1. The third-order valence-electron chi connectivity index (χ3n) is 4.01. The van der Waals surface area contributed by atoms with E-state index in [9.17, 15) is 9.59 Å². The second-order valence-corrected chi connectivity index (χ2v) is 6.59. The van der Waals surface area contributed by atoms with Crippen molar-refractivity contribution >= 4 is 22.7 Å². The summed E-state index contributed by atoms with van der Waals surface area (Å²) in [6.07, 6.45) is 0.900. The highest BCUT2D eigenvalue weighted by Crippen LogP contribution is 2.34. The van der Waals surface area contributed by atoms with E-state index in [2.05, 4.69) is 42.4 Å². The average Bonchev–Trinajstić information content (AvgIpc) is 2.81. The van der Waals surface area contributed by atoms with Gasteiger partial charge in [0.25, 0.3) is 0 Å². The predicted octanol–water partition coefficient (Wildman–Crippen LogP) is 2.38. The summed E-state index contributed by atoms with van der Waals surface area (Å²) in [6.45, 7) is 6.42. The molecule has 0 saturated carbocycles. The van der Waals surface area contributed by atoms with Crippen LogP contribution in [-0.4, -0.2) is 22.0 Å². The minimum Gasteiger partial charge on any atom is -0.296 e. The molecular weight excluding hydrogens is 266 g/mol. The van der Waals surface area contributed by atoms with E-state index in [1.54, 1.807) is 0 Å². The molecule has 1 aromatic heterocycles. The molecule has 1 unspecified atom stereocenters. The summed E-state index contributed by atoms with van der Waals surface area (Å²) >= 11 is 0. The number of rotatable bonds is 1. The monoisotopic (exact) mass is 285 g/mol. The molecule has 5 heteroatoms. The number of H-pyrrole nitrogens is 1. The number of imide groups is 1. The molecule has 1 fully saturated rings. The standard InChI is InChI=1S/C16H19N3O2/c1-16(2,3)11-6-4-5-9-13(18-19-14(9)11)10-7-8-12(20)17-15(10)21/h4-6,10H,7-8H2,1-3H3,(H,18,19)(H,17,20,21). The maximum Gasteiger partial charge on any atom is 0.235 e. The number of carbonyl (C=O) groups excluding carboxylic acids is 2. The molecule has 0 spiro atoms. The first-order valence-corrected chi connectivity index (χ1v) is 7.19. The zero-order chi connectivity index (χ0) is 15.2. The Hall–Kier alpha value is -2.17. The Kier molecular flexibility index (Phi) is 3.08. The highest BCUT2D eigenvalue weighted by molar-refractivity contribution is 6.02. The Labute approximate surface area is 123 Å². The second-order valence-electron chi connectivity index (χ2n) is 6.59. The van der Waals surface area contributed by atoms with E-state index in [0.29, 0.717) is 12.8 Å². The lowest BCUT2D eigenvalue weighted by atomic mass is 9.84. The average molecular weight is 285 g/mol. The van der Waals surface area contributed by atoms with Crippen LogP contribution in [0.15, 0.2) is 18.2 Å². The van der Waals surface area contributed by atoms with Gasteiger partial charge in [0.2, 0.25) is 11.8 Å². The summed E-state index contributed by atoms with van der Waals surface area (Å²) in [7, 11) is 0. The van der Waals surface area contributed by atoms with Crippen LogP contribution in [0.2, 0.25) is 0 Å². The number of aromatic amines is 1. The summed E-state index contributed by atoms with van der Waals surface area (Å²) in [5, 5.41) is 10.8. The second kappa shape index (κ2) is 4.69. The molecule has 110 valence electrons. The van der Waals surface area contributed by atoms with Crippen molar-refractivity contribution in [1.29, 1.82) is 0 Å². The molecule has 0 aliphatic carbocycles. The van der Waals surface area contributed by atoms with Crippen molar-refractivity contribution in [2.24, 2.45) is 0 Å². The fraction of sp³-hybridized carbons (Fsp3) is 0.438. The Balaban J connectivity index is 2.09. The van der Waals surface area contributed by atoms with Gasteiger partial charge in [0.15, 0.2) is 0 Å². The van der Waals surface area contributed by atoms with Crippen LogP contribution in [-0.2, 0) is 15.0 Å². The van der Waals surface area contributed by atoms with Crippen LogP contribution in [0.3, 0.4) is 0 Å². The van der Waals surface area contributed by atoms with Crippen LogP contribution in [0, 0.1) is 0 Å². The molecule has 1 atom stereocenters. The molecule has 1 aliphatic heterocycles. The molecular formula is C16H19N3O2. The van der Waals surface area contributed by atoms with Crippen molar-refractivity contribution in [1.82, 2.24) is 15.5 Å². The van der Waals surface area contributed by atoms with E-state index in [1.807, 2.05) is 12.1 Å². The minimum atomic E-state index is -0.331. The maximum absolute atomic E-state index is 12.0. The number of benzene rings is 1. The van der Waals surface area contributed by atoms with E-state index in [4.69, 9.17) is 0 Å². The maximum atomic E-state index is 12.0. The highest BCUT2D eigenvalue weighted by atomic mass is 16.2. The van der Waals surface area contributed by atoms with Gasteiger partial charge in [-0.2, -0.15) is 5.10 Å². The lowest BCUT2D eigenvalue weighted by Gasteiger charge is -2.21. The number of piperidine rings is 1. The van der Waals surface area contributed by atoms with Gasteiger partial charge in [-0.3, -0.25) is 20.0 Å². The first-order chi connectivity index (χ1) is 9.88. The van der Waals surface area contributed by atoms with Crippen LogP contribution in [0.1, 0.15) is 50.8 Å². The van der Waals surface area contributed by atoms with Crippen molar-refractivity contribution in [3.63, 3.8) is 0 Å². The summed E-state index contributed by atoms with van der Waals surface area (Å²) in [6, 6.07) is 6.04. The van der Waals surface area contributed by atoms with Gasteiger partial charge in [0.05, 0.1) is 17.1 Å². The molecule has 2 amide bonds. The van der Waals surface area contributed by atoms with E-state index in [1.165, 1.54) is 0 Å². The molecule has 1 saturated heterocycles. The van der Waals surface area contributed by atoms with Crippen molar-refractivity contribution in [3.05, 3.63) is 29.5 Å². The molecule has 1 aromatic carbocycles. The van der Waals surface area contributed by atoms with Gasteiger partial charge in [-0.25, -0.2) is 0 Å². The Morgan fingerprint density at radius 2 is 2.00 bits per heavy atom. The van der Waals surface area contributed by atoms with Crippen LogP contribution >= 0.6 is 0 Å². The van der Waals surface area contributed by atoms with Crippen molar-refractivity contribution in [2.75, 3.05) is 0 Å². The number of hydrogen-bond acceptors (Lipinski definition) is 3. The summed E-state index contributed by atoms with van der Waals surface area (Å²) < 4.78 is 0. The first-order valence-electron chi connectivity index (χ1n) is 7.19. The number of hydrogen-bond donors (Lipinski definition) is 2. The third-order valence-corrected chi connectivity index (χ3v) is 4.01. The van der Waals surface area contributed by atoms with Crippen LogP contribution < -0.4 is 5.32 Å². The van der Waals surface area contributed by atoms with Crippen molar-refractivity contribution in [3.8, 4) is 0 Å². The zero-order valence-corrected chi connectivity index (χ0v) is 12.5. The quantitative estimate of drug-likeness (QED) is 0.790. The lowest BCUT2D eigenvalue weighted by Crippen LogP contribution is -2.39. The minimum absolute atomic E-state index is 0.0171. The number of aromatic nitrogens is 2. The molecule has 2 N–H and O–H groups in total. The number of carbonyl (C=O) groups is 2. The van der Waals surface area contributed by atoms with E-state index in [0.717, 1.165) is 22.2 Å². The topological polar surface area (TPSA) is 74.8 Å². The van der Waals surface area contributed by atoms with Crippen LogP contribution in [0.5, 0.6) is 0 Å². The fourth-order valence-electron chi connectivity index (χ4n) is 2.90. The number of para-hydroxylation sites is 1. The van der Waals surface area contributed by atoms with Crippen LogP contribution in [0.4, 0.5) is 0 Å². The molecule has 5 nitrogen and oxygen atoms in total. The summed E-state index contributed by atoms with van der Waals surface area (Å²) in [4.78, 5) is 23.3. The molecule has 2 heterocycles. The molecule has 2 aromatic rings. The Morgan fingerprint density at radius 1 is 1.24 bits per heavy atom. The predicted molar refractivity (Wildman–Crippen MR) is 79.9 cm³/mol. The molecule has 0 bridgehead atoms. The lowest BCUT2D eigenvalue weighted by molar-refractivity contribution is -0.134. The number of nitrogens with zero attached hydrogens (tertiary/aromatic N) is 1. The first kappa shape index (κ1) is 13.8. The largest absolute Gasteiger partial charge is 0.296 e. The van der Waals surface area contributed by atoms with Gasteiger partial charge in [0, 0.05) is 11.8 Å². The van der Waals surface area contributed by atoms with Crippen molar-refractivity contribution in [2.45, 2.75) is 44.9 Å². The third kappa shape index (κ3) is 2.33. The SMILES string of the molecule is CC(C)(C)c1cccc2c(C3CCC(=O)NC3=O)[nH]nc12. The summed E-state index contributed by atoms with van der Waals surface area (Å²) in [5.41, 5.74) is 2.84. The molecule has 21 heavy (non-hydrogen) atoms. The fourth-order valence-corrected chi connectivity index (χ4v) is 2.90.